The van der Waals surface area contributed by atoms with Crippen molar-refractivity contribution in [1.29, 1.82) is 0 Å². The summed E-state index contributed by atoms with van der Waals surface area (Å²) in [5, 5.41) is 0. The van der Waals surface area contributed by atoms with E-state index in [0.29, 0.717) is 11.5 Å². The van der Waals surface area contributed by atoms with Crippen LogP contribution in [-0.4, -0.2) is 0 Å². The molecular formula is C12H16NO2+. The first-order valence-corrected chi connectivity index (χ1v) is 4.88. The summed E-state index contributed by atoms with van der Waals surface area (Å²) in [5.41, 5.74) is 0. The summed E-state index contributed by atoms with van der Waals surface area (Å²) < 4.78 is 1.92. The van der Waals surface area contributed by atoms with Gasteiger partial charge in [0.25, 0.3) is 0 Å². The second-order valence-electron chi connectivity index (χ2n) is 3.08. The lowest BCUT2D eigenvalue weighted by Crippen LogP contribution is -2.25. The first kappa shape index (κ1) is 11.3. The molecule has 0 amide bonds. The molecule has 1 aromatic heterocycles. The second-order valence-corrected chi connectivity index (χ2v) is 3.08. The fraction of sp³-hybridized carbons (Fsp3) is 0.250. The van der Waals surface area contributed by atoms with E-state index in [2.05, 4.69) is 6.58 Å². The van der Waals surface area contributed by atoms with Crippen molar-refractivity contribution in [3.05, 3.63) is 49.0 Å². The Morgan fingerprint density at radius 2 is 2.13 bits per heavy atom. The van der Waals surface area contributed by atoms with Gasteiger partial charge in [0, 0.05) is 12.1 Å². The fourth-order valence-electron chi connectivity index (χ4n) is 0.992. The minimum Gasteiger partial charge on any atom is -0.290 e. The highest BCUT2D eigenvalue weighted by Crippen LogP contribution is 2.09. The van der Waals surface area contributed by atoms with Gasteiger partial charge in [0.05, 0.1) is 0 Å². The molecule has 0 saturated heterocycles. The zero-order valence-electron chi connectivity index (χ0n) is 9.14. The third kappa shape index (κ3) is 3.85. The van der Waals surface area contributed by atoms with Crippen molar-refractivity contribution >= 4 is 0 Å². The third-order valence-corrected chi connectivity index (χ3v) is 1.79. The van der Waals surface area contributed by atoms with Crippen molar-refractivity contribution in [2.24, 2.45) is 7.05 Å². The number of hydrogen-bond donors (Lipinski definition) is 0. The van der Waals surface area contributed by atoms with E-state index in [4.69, 9.17) is 9.78 Å². The van der Waals surface area contributed by atoms with Gasteiger partial charge in [-0.25, -0.2) is 4.57 Å². The van der Waals surface area contributed by atoms with Crippen LogP contribution in [0.4, 0.5) is 0 Å². The maximum atomic E-state index is 5.11. The first-order valence-electron chi connectivity index (χ1n) is 4.88. The number of nitrogens with zero attached hydrogens (tertiary/aromatic N) is 1. The molecule has 0 spiro atoms. The number of aryl methyl sites for hydroxylation is 1. The largest absolute Gasteiger partial charge is 0.290 e. The molecule has 0 radical (unpaired) electrons. The fourth-order valence-corrected chi connectivity index (χ4v) is 0.992. The van der Waals surface area contributed by atoms with Gasteiger partial charge >= 0.3 is 0 Å². The van der Waals surface area contributed by atoms with Crippen molar-refractivity contribution in [2.75, 3.05) is 0 Å². The number of hydrogen-bond acceptors (Lipinski definition) is 2. The molecule has 0 unspecified atom stereocenters. The molecule has 3 nitrogen and oxygen atoms in total. The average molecular weight is 206 g/mol. The van der Waals surface area contributed by atoms with Crippen LogP contribution in [0.5, 0.6) is 5.75 Å². The molecule has 0 N–H and O–H groups in total. The zero-order valence-corrected chi connectivity index (χ0v) is 9.14. The SMILES string of the molecule is C=C/C(=C/CC)OOc1cc[n+](C)cc1. The molecule has 80 valence electrons. The van der Waals surface area contributed by atoms with Gasteiger partial charge in [-0.1, -0.05) is 13.5 Å². The van der Waals surface area contributed by atoms with Gasteiger partial charge in [0.15, 0.2) is 23.9 Å². The number of pyridine rings is 1. The Hall–Kier alpha value is -1.77. The van der Waals surface area contributed by atoms with Crippen molar-refractivity contribution < 1.29 is 14.3 Å². The number of aromatic nitrogens is 1. The molecule has 1 aromatic rings. The Bertz CT molecular complexity index is 341. The van der Waals surface area contributed by atoms with Gasteiger partial charge in [-0.05, 0) is 18.6 Å². The van der Waals surface area contributed by atoms with E-state index >= 15 is 0 Å². The topological polar surface area (TPSA) is 22.3 Å². The molecular weight excluding hydrogens is 190 g/mol. The maximum Gasteiger partial charge on any atom is 0.190 e. The van der Waals surface area contributed by atoms with Crippen molar-refractivity contribution in [2.45, 2.75) is 13.3 Å². The van der Waals surface area contributed by atoms with E-state index in [1.807, 2.05) is 49.1 Å². The normalized spacial score (nSPS) is 10.9. The highest BCUT2D eigenvalue weighted by molar-refractivity contribution is 5.14. The summed E-state index contributed by atoms with van der Waals surface area (Å²) in [6.07, 6.45) is 8.17. The van der Waals surface area contributed by atoms with Crippen LogP contribution in [0.1, 0.15) is 13.3 Å². The monoisotopic (exact) mass is 206 g/mol. The van der Waals surface area contributed by atoms with Crippen LogP contribution in [0.25, 0.3) is 0 Å². The van der Waals surface area contributed by atoms with E-state index < -0.39 is 0 Å². The summed E-state index contributed by atoms with van der Waals surface area (Å²) >= 11 is 0. The molecule has 0 aliphatic heterocycles. The van der Waals surface area contributed by atoms with Crippen LogP contribution in [0, 0.1) is 0 Å². The summed E-state index contributed by atoms with van der Waals surface area (Å²) in [6, 6.07) is 3.65. The van der Waals surface area contributed by atoms with E-state index in [9.17, 15) is 0 Å². The Kier molecular flexibility index (Phi) is 4.41. The summed E-state index contributed by atoms with van der Waals surface area (Å²) in [4.78, 5) is 10.2. The highest BCUT2D eigenvalue weighted by Gasteiger charge is 1.99. The Morgan fingerprint density at radius 1 is 1.47 bits per heavy atom. The molecule has 0 atom stereocenters. The molecule has 15 heavy (non-hydrogen) atoms. The average Bonchev–Trinajstić information content (AvgIpc) is 2.26. The lowest BCUT2D eigenvalue weighted by molar-refractivity contribution is -0.671. The lowest BCUT2D eigenvalue weighted by Gasteiger charge is -2.04. The predicted molar refractivity (Wildman–Crippen MR) is 57.9 cm³/mol. The van der Waals surface area contributed by atoms with E-state index in [0.717, 1.165) is 6.42 Å². The first-order chi connectivity index (χ1) is 7.26. The molecule has 3 heteroatoms. The van der Waals surface area contributed by atoms with Crippen LogP contribution in [-0.2, 0) is 11.9 Å². The highest BCUT2D eigenvalue weighted by atomic mass is 17.2. The number of allylic oxidation sites excluding steroid dienone is 2. The number of rotatable bonds is 5. The lowest BCUT2D eigenvalue weighted by atomic mass is 10.4. The van der Waals surface area contributed by atoms with E-state index in [1.54, 1.807) is 6.08 Å². The summed E-state index contributed by atoms with van der Waals surface area (Å²) in [5.74, 6) is 1.29. The minimum absolute atomic E-state index is 0.630. The Labute approximate surface area is 90.2 Å². The smallest absolute Gasteiger partial charge is 0.190 e. The van der Waals surface area contributed by atoms with Gasteiger partial charge in [0.2, 0.25) is 0 Å². The van der Waals surface area contributed by atoms with Gasteiger partial charge < -0.3 is 0 Å². The zero-order chi connectivity index (χ0) is 11.1. The Morgan fingerprint density at radius 3 is 2.67 bits per heavy atom. The molecule has 0 aliphatic carbocycles. The van der Waals surface area contributed by atoms with Gasteiger partial charge in [0.1, 0.15) is 7.05 Å². The third-order valence-electron chi connectivity index (χ3n) is 1.79. The second kappa shape index (κ2) is 5.86. The van der Waals surface area contributed by atoms with Crippen LogP contribution < -0.4 is 9.45 Å². The van der Waals surface area contributed by atoms with Crippen LogP contribution in [0.3, 0.4) is 0 Å². The summed E-state index contributed by atoms with van der Waals surface area (Å²) in [6.45, 7) is 5.65. The minimum atomic E-state index is 0.630. The predicted octanol–water partition coefficient (Wildman–Crippen LogP) is 2.30. The van der Waals surface area contributed by atoms with Crippen molar-refractivity contribution in [1.82, 2.24) is 0 Å². The molecule has 0 bridgehead atoms. The standard InChI is InChI=1S/C12H16NO2/c1-4-6-11(5-2)14-15-12-7-9-13(3)10-8-12/h5-10H,2,4H2,1,3H3/q+1/b11-6-. The van der Waals surface area contributed by atoms with Crippen molar-refractivity contribution in [3.8, 4) is 5.75 Å². The van der Waals surface area contributed by atoms with Crippen LogP contribution >= 0.6 is 0 Å². The summed E-state index contributed by atoms with van der Waals surface area (Å²) in [7, 11) is 1.94. The molecule has 1 rings (SSSR count). The molecule has 1 heterocycles. The molecule has 0 fully saturated rings. The molecule has 0 aromatic carbocycles. The van der Waals surface area contributed by atoms with E-state index in [1.165, 1.54) is 0 Å². The van der Waals surface area contributed by atoms with Crippen molar-refractivity contribution in [3.63, 3.8) is 0 Å². The van der Waals surface area contributed by atoms with Gasteiger partial charge in [-0.3, -0.25) is 9.78 Å². The molecule has 0 aliphatic rings. The van der Waals surface area contributed by atoms with Crippen LogP contribution in [0.2, 0.25) is 0 Å². The van der Waals surface area contributed by atoms with Gasteiger partial charge in [-0.15, -0.1) is 0 Å². The quantitative estimate of drug-likeness (QED) is 0.242. The van der Waals surface area contributed by atoms with E-state index in [-0.39, 0.29) is 0 Å². The van der Waals surface area contributed by atoms with Gasteiger partial charge in [-0.2, -0.15) is 0 Å². The Balaban J connectivity index is 2.52. The van der Waals surface area contributed by atoms with Crippen LogP contribution in [0.15, 0.2) is 49.0 Å². The maximum absolute atomic E-state index is 5.11. The molecule has 0 saturated carbocycles.